The van der Waals surface area contributed by atoms with Crippen molar-refractivity contribution < 1.29 is 18.0 Å². The molecule has 0 bridgehead atoms. The van der Waals surface area contributed by atoms with Gasteiger partial charge in [0.1, 0.15) is 11.9 Å². The first-order chi connectivity index (χ1) is 6.86. The highest BCUT2D eigenvalue weighted by Gasteiger charge is 2.35. The number of ketones is 1. The zero-order chi connectivity index (χ0) is 11.6. The Morgan fingerprint density at radius 1 is 1.47 bits per heavy atom. The number of nitriles is 1. The Balaban J connectivity index is 3.15. The lowest BCUT2D eigenvalue weighted by atomic mass is 10.1. The van der Waals surface area contributed by atoms with Crippen LogP contribution in [0.15, 0.2) is 18.2 Å². The van der Waals surface area contributed by atoms with Crippen molar-refractivity contribution in [2.45, 2.75) is 4.83 Å². The first kappa shape index (κ1) is 11.7. The van der Waals surface area contributed by atoms with Crippen LogP contribution in [-0.4, -0.2) is 10.6 Å². The lowest BCUT2D eigenvalue weighted by Crippen LogP contribution is -2.20. The Bertz CT molecular complexity index is 448. The summed E-state index contributed by atoms with van der Waals surface area (Å²) in [7, 11) is 0. The fourth-order valence-electron chi connectivity index (χ4n) is 0.911. The third-order valence-electron chi connectivity index (χ3n) is 1.61. The quantitative estimate of drug-likeness (QED) is 0.616. The molecule has 78 valence electrons. The number of alkyl halides is 3. The van der Waals surface area contributed by atoms with E-state index in [0.717, 1.165) is 12.1 Å². The molecule has 0 fully saturated rings. The second-order valence-corrected chi connectivity index (χ2v) is 3.63. The van der Waals surface area contributed by atoms with Crippen LogP contribution in [0.3, 0.4) is 0 Å². The van der Waals surface area contributed by atoms with Crippen LogP contribution < -0.4 is 0 Å². The summed E-state index contributed by atoms with van der Waals surface area (Å²) in [6, 6.07) is 4.07. The molecule has 15 heavy (non-hydrogen) atoms. The molecule has 0 saturated heterocycles. The Hall–Kier alpha value is -1.35. The Kier molecular flexibility index (Phi) is 3.15. The van der Waals surface area contributed by atoms with Gasteiger partial charge in [-0.2, -0.15) is 14.0 Å². The molecule has 0 spiro atoms. The molecule has 0 aromatic heterocycles. The molecule has 0 amide bonds. The third kappa shape index (κ3) is 2.57. The Labute approximate surface area is 91.4 Å². The molecule has 0 unspecified atom stereocenters. The van der Waals surface area contributed by atoms with E-state index < -0.39 is 22.0 Å². The fraction of sp³-hybridized carbons (Fsp3) is 0.111. The van der Waals surface area contributed by atoms with Gasteiger partial charge in [-0.05, 0) is 34.1 Å². The molecule has 0 atom stereocenters. The van der Waals surface area contributed by atoms with Crippen LogP contribution in [0.5, 0.6) is 0 Å². The number of Topliss-reactive ketones (excluding diaryl/α,β-unsaturated/α-hetero) is 1. The van der Waals surface area contributed by atoms with Crippen LogP contribution in [0, 0.1) is 17.1 Å². The van der Waals surface area contributed by atoms with Gasteiger partial charge in [-0.15, -0.1) is 0 Å². The first-order valence-electron chi connectivity index (χ1n) is 3.67. The molecule has 0 aliphatic heterocycles. The normalized spacial score (nSPS) is 10.9. The van der Waals surface area contributed by atoms with E-state index in [0.29, 0.717) is 6.07 Å². The van der Waals surface area contributed by atoms with E-state index in [1.165, 1.54) is 6.07 Å². The highest BCUT2D eigenvalue weighted by atomic mass is 79.9. The minimum absolute atomic E-state index is 0.301. The van der Waals surface area contributed by atoms with Gasteiger partial charge in [0, 0.05) is 5.56 Å². The molecule has 0 heterocycles. The van der Waals surface area contributed by atoms with Gasteiger partial charge < -0.3 is 0 Å². The minimum Gasteiger partial charge on any atom is -0.286 e. The molecule has 6 heteroatoms. The smallest absolute Gasteiger partial charge is 0.286 e. The molecule has 0 radical (unpaired) electrons. The van der Waals surface area contributed by atoms with Crippen molar-refractivity contribution in [3.63, 3.8) is 0 Å². The van der Waals surface area contributed by atoms with Crippen LogP contribution in [0.2, 0.25) is 0 Å². The van der Waals surface area contributed by atoms with Crippen molar-refractivity contribution in [3.05, 3.63) is 35.1 Å². The van der Waals surface area contributed by atoms with Crippen molar-refractivity contribution in [3.8, 4) is 6.07 Å². The molecule has 0 N–H and O–H groups in total. The van der Waals surface area contributed by atoms with Crippen molar-refractivity contribution in [2.24, 2.45) is 0 Å². The van der Waals surface area contributed by atoms with E-state index in [2.05, 4.69) is 0 Å². The monoisotopic (exact) mass is 277 g/mol. The standard InChI is InChI=1S/C9H3BrF3NO/c10-9(12,13)8(15)5-1-2-6(4-14)7(11)3-5/h1-3H. The summed E-state index contributed by atoms with van der Waals surface area (Å²) in [5.74, 6) is -2.55. The summed E-state index contributed by atoms with van der Waals surface area (Å²) >= 11 is 1.87. The number of nitrogens with zero attached hydrogens (tertiary/aromatic N) is 1. The van der Waals surface area contributed by atoms with Gasteiger partial charge in [0.2, 0.25) is 5.78 Å². The van der Waals surface area contributed by atoms with E-state index in [-0.39, 0.29) is 5.56 Å². The van der Waals surface area contributed by atoms with Crippen molar-refractivity contribution >= 4 is 21.7 Å². The van der Waals surface area contributed by atoms with Crippen LogP contribution in [0.1, 0.15) is 15.9 Å². The summed E-state index contributed by atoms with van der Waals surface area (Å²) in [5, 5.41) is 8.38. The average Bonchev–Trinajstić information content (AvgIpc) is 2.15. The highest BCUT2D eigenvalue weighted by molar-refractivity contribution is 9.10. The highest BCUT2D eigenvalue weighted by Crippen LogP contribution is 2.27. The van der Waals surface area contributed by atoms with E-state index in [4.69, 9.17) is 5.26 Å². The molecular weight excluding hydrogens is 275 g/mol. The van der Waals surface area contributed by atoms with E-state index in [1.807, 2.05) is 15.9 Å². The van der Waals surface area contributed by atoms with Gasteiger partial charge in [0.05, 0.1) is 5.56 Å². The summed E-state index contributed by atoms with van der Waals surface area (Å²) in [4.78, 5) is 7.24. The number of hydrogen-bond acceptors (Lipinski definition) is 2. The van der Waals surface area contributed by atoms with Crippen LogP contribution >= 0.6 is 15.9 Å². The van der Waals surface area contributed by atoms with Crippen molar-refractivity contribution in [1.82, 2.24) is 0 Å². The molecule has 0 saturated carbocycles. The second kappa shape index (κ2) is 4.03. The maximum Gasteiger partial charge on any atom is 0.363 e. The summed E-state index contributed by atoms with van der Waals surface area (Å²) in [6.45, 7) is 0. The molecule has 1 rings (SSSR count). The Morgan fingerprint density at radius 2 is 2.07 bits per heavy atom. The van der Waals surface area contributed by atoms with Crippen LogP contribution in [-0.2, 0) is 0 Å². The molecule has 2 nitrogen and oxygen atoms in total. The zero-order valence-electron chi connectivity index (χ0n) is 7.10. The number of benzene rings is 1. The predicted molar refractivity (Wildman–Crippen MR) is 49.3 cm³/mol. The number of carbonyl (C=O) groups excluding carboxylic acids is 1. The third-order valence-corrected chi connectivity index (χ3v) is 1.97. The average molecular weight is 278 g/mol. The van der Waals surface area contributed by atoms with E-state index in [1.54, 1.807) is 0 Å². The molecule has 1 aromatic carbocycles. The molecule has 0 aliphatic rings. The molecular formula is C9H3BrF3NO. The van der Waals surface area contributed by atoms with Crippen LogP contribution in [0.25, 0.3) is 0 Å². The number of halogens is 4. The fourth-order valence-corrected chi connectivity index (χ4v) is 1.14. The number of hydrogen-bond donors (Lipinski definition) is 0. The van der Waals surface area contributed by atoms with E-state index in [9.17, 15) is 18.0 Å². The van der Waals surface area contributed by atoms with Gasteiger partial charge in [0.25, 0.3) is 0 Å². The Morgan fingerprint density at radius 3 is 2.47 bits per heavy atom. The van der Waals surface area contributed by atoms with Gasteiger partial charge in [0.15, 0.2) is 0 Å². The van der Waals surface area contributed by atoms with Gasteiger partial charge >= 0.3 is 4.83 Å². The van der Waals surface area contributed by atoms with Gasteiger partial charge in [-0.25, -0.2) is 4.39 Å². The predicted octanol–water partition coefficient (Wildman–Crippen LogP) is 2.87. The lowest BCUT2D eigenvalue weighted by Gasteiger charge is -2.06. The van der Waals surface area contributed by atoms with E-state index >= 15 is 0 Å². The van der Waals surface area contributed by atoms with Crippen molar-refractivity contribution in [2.75, 3.05) is 0 Å². The summed E-state index contributed by atoms with van der Waals surface area (Å²) < 4.78 is 38.0. The number of carbonyl (C=O) groups is 1. The number of rotatable bonds is 2. The summed E-state index contributed by atoms with van der Waals surface area (Å²) in [5.41, 5.74) is -0.794. The minimum atomic E-state index is -3.73. The second-order valence-electron chi connectivity index (χ2n) is 2.63. The topological polar surface area (TPSA) is 40.9 Å². The molecule has 0 aliphatic carbocycles. The SMILES string of the molecule is N#Cc1ccc(C(=O)C(F)(F)Br)cc1F. The first-order valence-corrected chi connectivity index (χ1v) is 4.46. The lowest BCUT2D eigenvalue weighted by molar-refractivity contribution is 0.0592. The zero-order valence-corrected chi connectivity index (χ0v) is 8.69. The largest absolute Gasteiger partial charge is 0.363 e. The van der Waals surface area contributed by atoms with Gasteiger partial charge in [-0.1, -0.05) is 0 Å². The van der Waals surface area contributed by atoms with Crippen molar-refractivity contribution in [1.29, 1.82) is 5.26 Å². The maximum absolute atomic E-state index is 13.0. The summed E-state index contributed by atoms with van der Waals surface area (Å²) in [6.07, 6.45) is 0. The van der Waals surface area contributed by atoms with Gasteiger partial charge in [-0.3, -0.25) is 4.79 Å². The maximum atomic E-state index is 13.0. The molecule has 1 aromatic rings. The van der Waals surface area contributed by atoms with Crippen LogP contribution in [0.4, 0.5) is 13.2 Å².